The van der Waals surface area contributed by atoms with Crippen molar-refractivity contribution < 1.29 is 0 Å². The molecule has 0 amide bonds. The molecule has 2 nitrogen and oxygen atoms in total. The monoisotopic (exact) mass is 666 g/mol. The summed E-state index contributed by atoms with van der Waals surface area (Å²) in [5.74, 6) is 0. The fourth-order valence-electron chi connectivity index (χ4n) is 8.22. The maximum Gasteiger partial charge on any atom is 0.0641 e. The smallest absolute Gasteiger partial charge is 0.0641 e. The van der Waals surface area contributed by atoms with E-state index in [9.17, 15) is 0 Å². The van der Waals surface area contributed by atoms with Gasteiger partial charge in [0.1, 0.15) is 0 Å². The summed E-state index contributed by atoms with van der Waals surface area (Å²) in [5, 5.41) is 7.70. The van der Waals surface area contributed by atoms with E-state index >= 15 is 0 Å². The van der Waals surface area contributed by atoms with Crippen LogP contribution in [-0.2, 0) is 0 Å². The van der Waals surface area contributed by atoms with Crippen LogP contribution in [0.4, 0.5) is 0 Å². The highest BCUT2D eigenvalue weighted by Gasteiger charge is 2.21. The first-order chi connectivity index (χ1) is 25.3. The molecular weight excluding hydrogens is 637 g/mol. The predicted octanol–water partition coefficient (Wildman–Crippen LogP) is 13.6. The second kappa shape index (κ2) is 11.0. The molecule has 11 aromatic rings. The van der Waals surface area contributed by atoms with Crippen LogP contribution in [0.1, 0.15) is 0 Å². The van der Waals surface area contributed by atoms with E-state index in [1.165, 1.54) is 86.0 Å². The Hall–Kier alpha value is -6.42. The molecule has 238 valence electrons. The molecule has 0 N–H and O–H groups in total. The number of aromatic nitrogens is 2. The van der Waals surface area contributed by atoms with Crippen LogP contribution in [0, 0.1) is 0 Å². The Morgan fingerprint density at radius 3 is 1.76 bits per heavy atom. The highest BCUT2D eigenvalue weighted by molar-refractivity contribution is 7.25. The van der Waals surface area contributed by atoms with Gasteiger partial charge < -0.3 is 9.13 Å². The summed E-state index contributed by atoms with van der Waals surface area (Å²) >= 11 is 1.87. The predicted molar refractivity (Wildman–Crippen MR) is 219 cm³/mol. The Bertz CT molecular complexity index is 3120. The van der Waals surface area contributed by atoms with Gasteiger partial charge in [0.2, 0.25) is 0 Å². The molecule has 0 fully saturated rings. The first-order valence-electron chi connectivity index (χ1n) is 17.4. The number of fused-ring (bicyclic) bond motifs is 10. The lowest BCUT2D eigenvalue weighted by Crippen LogP contribution is -1.96. The number of benzene rings is 8. The van der Waals surface area contributed by atoms with Gasteiger partial charge in [-0.05, 0) is 76.9 Å². The minimum absolute atomic E-state index is 1.16. The van der Waals surface area contributed by atoms with Crippen LogP contribution in [0.2, 0.25) is 0 Å². The Kier molecular flexibility index (Phi) is 6.16. The molecule has 0 atom stereocenters. The minimum Gasteiger partial charge on any atom is -0.309 e. The van der Waals surface area contributed by atoms with Gasteiger partial charge in [0.05, 0.1) is 22.1 Å². The molecule has 0 aliphatic heterocycles. The third-order valence-corrected chi connectivity index (χ3v) is 11.7. The number of hydrogen-bond acceptors (Lipinski definition) is 1. The van der Waals surface area contributed by atoms with E-state index in [0.717, 1.165) is 11.4 Å². The molecular formula is C48H30N2S. The van der Waals surface area contributed by atoms with Gasteiger partial charge in [-0.2, -0.15) is 0 Å². The molecule has 11 rings (SSSR count). The average molecular weight is 667 g/mol. The normalized spacial score (nSPS) is 11.9. The van der Waals surface area contributed by atoms with Gasteiger partial charge >= 0.3 is 0 Å². The standard InChI is InChI=1S/C48H30N2S/c1-2-11-31(12-3-1)32-21-24-35(25-22-32)50-42-18-7-4-15-37(42)40-27-28-44-47(48(40)50)41-17-5-8-19-43(41)49(44)36-14-10-13-33(29-36)34-23-26-39-38-16-6-9-20-45(38)51-46(39)30-34/h1-30H. The largest absolute Gasteiger partial charge is 0.309 e. The summed E-state index contributed by atoms with van der Waals surface area (Å²) in [6, 6.07) is 66.6. The third kappa shape index (κ3) is 4.29. The molecule has 0 unspecified atom stereocenters. The quantitative estimate of drug-likeness (QED) is 0.177. The van der Waals surface area contributed by atoms with E-state index in [4.69, 9.17) is 0 Å². The van der Waals surface area contributed by atoms with Crippen LogP contribution in [0.3, 0.4) is 0 Å². The van der Waals surface area contributed by atoms with Gasteiger partial charge in [-0.25, -0.2) is 0 Å². The SMILES string of the molecule is c1ccc(-c2ccc(-n3c4ccccc4c4ccc5c(c6ccccc6n5-c5cccc(-c6ccc7c(c6)sc6ccccc67)c5)c43)cc2)cc1. The number of nitrogens with zero attached hydrogens (tertiary/aromatic N) is 2. The lowest BCUT2D eigenvalue weighted by Gasteiger charge is -2.12. The van der Waals surface area contributed by atoms with Crippen molar-refractivity contribution in [2.45, 2.75) is 0 Å². The molecule has 0 aliphatic carbocycles. The van der Waals surface area contributed by atoms with E-state index < -0.39 is 0 Å². The van der Waals surface area contributed by atoms with Crippen molar-refractivity contribution in [2.24, 2.45) is 0 Å². The third-order valence-electron chi connectivity index (χ3n) is 10.5. The topological polar surface area (TPSA) is 9.86 Å². The number of hydrogen-bond donors (Lipinski definition) is 0. The molecule has 0 aliphatic rings. The van der Waals surface area contributed by atoms with Gasteiger partial charge in [-0.1, -0.05) is 127 Å². The summed E-state index contributed by atoms with van der Waals surface area (Å²) in [5.41, 5.74) is 12.1. The second-order valence-electron chi connectivity index (χ2n) is 13.3. The van der Waals surface area contributed by atoms with Crippen molar-refractivity contribution in [3.05, 3.63) is 182 Å². The second-order valence-corrected chi connectivity index (χ2v) is 14.4. The van der Waals surface area contributed by atoms with Gasteiger partial charge in [-0.3, -0.25) is 0 Å². The van der Waals surface area contributed by atoms with Crippen molar-refractivity contribution in [2.75, 3.05) is 0 Å². The van der Waals surface area contributed by atoms with E-state index in [-0.39, 0.29) is 0 Å². The number of rotatable bonds is 4. The Morgan fingerprint density at radius 2 is 0.922 bits per heavy atom. The minimum atomic E-state index is 1.16. The van der Waals surface area contributed by atoms with Crippen molar-refractivity contribution in [1.82, 2.24) is 9.13 Å². The molecule has 3 heterocycles. The molecule has 0 bridgehead atoms. The van der Waals surface area contributed by atoms with E-state index in [1.54, 1.807) is 0 Å². The maximum absolute atomic E-state index is 2.47. The first kappa shape index (κ1) is 28.4. The van der Waals surface area contributed by atoms with E-state index in [2.05, 4.69) is 191 Å². The number of thiophene rings is 1. The summed E-state index contributed by atoms with van der Waals surface area (Å²) in [4.78, 5) is 0. The summed E-state index contributed by atoms with van der Waals surface area (Å²) in [6.07, 6.45) is 0. The molecule has 0 radical (unpaired) electrons. The lowest BCUT2D eigenvalue weighted by molar-refractivity contribution is 1.17. The first-order valence-corrected chi connectivity index (χ1v) is 18.3. The van der Waals surface area contributed by atoms with Crippen molar-refractivity contribution >= 4 is 75.1 Å². The Balaban J connectivity index is 1.14. The number of para-hydroxylation sites is 2. The van der Waals surface area contributed by atoms with Crippen LogP contribution in [0.25, 0.3) is 97.4 Å². The van der Waals surface area contributed by atoms with Crippen molar-refractivity contribution in [3.8, 4) is 33.6 Å². The highest BCUT2D eigenvalue weighted by atomic mass is 32.1. The van der Waals surface area contributed by atoms with Crippen molar-refractivity contribution in [3.63, 3.8) is 0 Å². The molecule has 0 saturated heterocycles. The van der Waals surface area contributed by atoms with E-state index in [1.807, 2.05) is 11.3 Å². The van der Waals surface area contributed by atoms with Gasteiger partial charge in [-0.15, -0.1) is 11.3 Å². The molecule has 3 aromatic heterocycles. The molecule has 51 heavy (non-hydrogen) atoms. The van der Waals surface area contributed by atoms with Crippen LogP contribution in [0.5, 0.6) is 0 Å². The fraction of sp³-hybridized carbons (Fsp3) is 0. The average Bonchev–Trinajstić information content (AvgIpc) is 3.86. The Morgan fingerprint density at radius 1 is 0.314 bits per heavy atom. The molecule has 0 spiro atoms. The zero-order valence-corrected chi connectivity index (χ0v) is 28.4. The molecule has 0 saturated carbocycles. The fourth-order valence-corrected chi connectivity index (χ4v) is 9.36. The molecule has 3 heteroatoms. The maximum atomic E-state index is 2.47. The van der Waals surface area contributed by atoms with Gasteiger partial charge in [0.25, 0.3) is 0 Å². The van der Waals surface area contributed by atoms with E-state index in [0.29, 0.717) is 0 Å². The van der Waals surface area contributed by atoms with Crippen LogP contribution in [-0.4, -0.2) is 9.13 Å². The van der Waals surface area contributed by atoms with Crippen molar-refractivity contribution in [1.29, 1.82) is 0 Å². The van der Waals surface area contributed by atoms with Crippen LogP contribution in [0.15, 0.2) is 182 Å². The summed E-state index contributed by atoms with van der Waals surface area (Å²) in [6.45, 7) is 0. The summed E-state index contributed by atoms with van der Waals surface area (Å²) in [7, 11) is 0. The summed E-state index contributed by atoms with van der Waals surface area (Å²) < 4.78 is 7.57. The zero-order valence-electron chi connectivity index (χ0n) is 27.6. The van der Waals surface area contributed by atoms with Gasteiger partial charge in [0.15, 0.2) is 0 Å². The zero-order chi connectivity index (χ0) is 33.5. The highest BCUT2D eigenvalue weighted by Crippen LogP contribution is 2.43. The lowest BCUT2D eigenvalue weighted by atomic mass is 10.0. The van der Waals surface area contributed by atoms with Gasteiger partial charge in [0, 0.05) is 53.1 Å². The van der Waals surface area contributed by atoms with Crippen LogP contribution >= 0.6 is 11.3 Å². The molecule has 8 aromatic carbocycles. The Labute approximate surface area is 298 Å². The van der Waals surface area contributed by atoms with Crippen LogP contribution < -0.4 is 0 Å².